The molecule has 1 heterocycles. The van der Waals surface area contributed by atoms with E-state index in [2.05, 4.69) is 15.2 Å². The molecule has 5 aliphatic rings. The van der Waals surface area contributed by atoms with Crippen LogP contribution in [-0.4, -0.2) is 27.5 Å². The average Bonchev–Trinajstić information content (AvgIpc) is 2.63. The van der Waals surface area contributed by atoms with Crippen molar-refractivity contribution in [1.82, 2.24) is 10.0 Å². The third-order valence-electron chi connectivity index (χ3n) is 7.47. The maximum Gasteiger partial charge on any atom is 0.258 e. The Labute approximate surface area is 154 Å². The zero-order valence-electron chi connectivity index (χ0n) is 15.6. The number of carbonyl (C=O) groups is 1. The van der Waals surface area contributed by atoms with Gasteiger partial charge in [0.15, 0.2) is 0 Å². The Kier molecular flexibility index (Phi) is 3.55. The van der Waals surface area contributed by atoms with E-state index in [-0.39, 0.29) is 5.91 Å². The van der Waals surface area contributed by atoms with Gasteiger partial charge in [0.2, 0.25) is 0 Å². The maximum absolute atomic E-state index is 13.0. The van der Waals surface area contributed by atoms with Crippen molar-refractivity contribution in [3.63, 3.8) is 0 Å². The SMILES string of the molecule is CC1(C)C(=O)N(C2C3CC4CC(C3)CC2C4)N1Cc1ccc(N=O)cc1. The molecule has 1 aromatic rings. The molecule has 6 rings (SSSR count). The molecule has 1 aromatic carbocycles. The van der Waals surface area contributed by atoms with E-state index < -0.39 is 5.54 Å². The number of nitrogens with zero attached hydrogens (tertiary/aromatic N) is 3. The van der Waals surface area contributed by atoms with Crippen LogP contribution in [0.25, 0.3) is 0 Å². The molecule has 26 heavy (non-hydrogen) atoms. The van der Waals surface area contributed by atoms with Crippen molar-refractivity contribution in [3.05, 3.63) is 34.7 Å². The Morgan fingerprint density at radius 3 is 2.12 bits per heavy atom. The average molecular weight is 353 g/mol. The smallest absolute Gasteiger partial charge is 0.258 e. The highest BCUT2D eigenvalue weighted by atomic mass is 16.3. The number of carbonyl (C=O) groups excluding carboxylic acids is 1. The highest BCUT2D eigenvalue weighted by Gasteiger charge is 2.60. The lowest BCUT2D eigenvalue weighted by Gasteiger charge is -2.65. The van der Waals surface area contributed by atoms with Crippen molar-refractivity contribution in [2.75, 3.05) is 0 Å². The van der Waals surface area contributed by atoms with E-state index in [4.69, 9.17) is 0 Å². The number of hydrazine groups is 1. The van der Waals surface area contributed by atoms with Gasteiger partial charge in [-0.15, -0.1) is 4.91 Å². The van der Waals surface area contributed by atoms with Crippen molar-refractivity contribution in [3.8, 4) is 0 Å². The number of amides is 1. The molecule has 5 nitrogen and oxygen atoms in total. The standard InChI is InChI=1S/C21H27N3O2/c1-21(2)20(25)24(23(21)12-13-3-5-18(22-26)6-4-13)19-16-8-14-7-15(10-16)11-17(19)9-14/h3-6,14-17,19H,7-12H2,1-2H3. The molecule has 0 aromatic heterocycles. The van der Waals surface area contributed by atoms with Gasteiger partial charge in [-0.1, -0.05) is 12.1 Å². The molecule has 0 radical (unpaired) electrons. The molecule has 4 aliphatic carbocycles. The summed E-state index contributed by atoms with van der Waals surface area (Å²) >= 11 is 0. The van der Waals surface area contributed by atoms with Crippen molar-refractivity contribution < 1.29 is 4.79 Å². The summed E-state index contributed by atoms with van der Waals surface area (Å²) in [7, 11) is 0. The minimum Gasteiger partial charge on any atom is -0.271 e. The molecule has 1 amide bonds. The summed E-state index contributed by atoms with van der Waals surface area (Å²) in [6.07, 6.45) is 6.69. The highest BCUT2D eigenvalue weighted by molar-refractivity contribution is 5.90. The molecular formula is C21H27N3O2. The molecule has 4 bridgehead atoms. The van der Waals surface area contributed by atoms with Gasteiger partial charge in [0.1, 0.15) is 11.2 Å². The lowest BCUT2D eigenvalue weighted by molar-refractivity contribution is -0.251. The summed E-state index contributed by atoms with van der Waals surface area (Å²) < 4.78 is 0. The minimum absolute atomic E-state index is 0.279. The predicted octanol–water partition coefficient (Wildman–Crippen LogP) is 4.25. The van der Waals surface area contributed by atoms with E-state index in [0.717, 1.165) is 17.4 Å². The van der Waals surface area contributed by atoms with Crippen LogP contribution in [0.15, 0.2) is 29.4 Å². The van der Waals surface area contributed by atoms with E-state index in [0.29, 0.717) is 30.1 Å². The monoisotopic (exact) mass is 353 g/mol. The minimum atomic E-state index is -0.448. The predicted molar refractivity (Wildman–Crippen MR) is 99.2 cm³/mol. The van der Waals surface area contributed by atoms with Crippen LogP contribution < -0.4 is 0 Å². The van der Waals surface area contributed by atoms with Gasteiger partial charge in [-0.05, 0) is 92.5 Å². The van der Waals surface area contributed by atoms with E-state index >= 15 is 0 Å². The number of nitroso groups, excluding NO2 is 1. The molecule has 0 unspecified atom stereocenters. The Morgan fingerprint density at radius 1 is 1.00 bits per heavy atom. The fourth-order valence-corrected chi connectivity index (χ4v) is 6.43. The Hall–Kier alpha value is -1.75. The van der Waals surface area contributed by atoms with Gasteiger partial charge in [0.25, 0.3) is 5.91 Å². The van der Waals surface area contributed by atoms with Gasteiger partial charge < -0.3 is 0 Å². The zero-order valence-corrected chi connectivity index (χ0v) is 15.6. The summed E-state index contributed by atoms with van der Waals surface area (Å²) in [6.45, 7) is 4.77. The second-order valence-electron chi connectivity index (χ2n) is 9.45. The van der Waals surface area contributed by atoms with Crippen LogP contribution in [-0.2, 0) is 11.3 Å². The van der Waals surface area contributed by atoms with Crippen LogP contribution in [0.2, 0.25) is 0 Å². The van der Waals surface area contributed by atoms with Gasteiger partial charge >= 0.3 is 0 Å². The van der Waals surface area contributed by atoms with Crippen molar-refractivity contribution in [2.45, 2.75) is 64.1 Å². The first-order chi connectivity index (χ1) is 12.5. The van der Waals surface area contributed by atoms with Gasteiger partial charge in [-0.3, -0.25) is 9.80 Å². The zero-order chi connectivity index (χ0) is 18.1. The normalized spacial score (nSPS) is 37.7. The number of rotatable bonds is 4. The van der Waals surface area contributed by atoms with Crippen LogP contribution in [0.5, 0.6) is 0 Å². The third-order valence-corrected chi connectivity index (χ3v) is 7.47. The van der Waals surface area contributed by atoms with Crippen LogP contribution >= 0.6 is 0 Å². The second kappa shape index (κ2) is 5.62. The molecular weight excluding hydrogens is 326 g/mol. The van der Waals surface area contributed by atoms with Crippen molar-refractivity contribution in [2.24, 2.45) is 28.8 Å². The summed E-state index contributed by atoms with van der Waals surface area (Å²) in [4.78, 5) is 23.7. The first-order valence-corrected chi connectivity index (χ1v) is 10.0. The van der Waals surface area contributed by atoms with Gasteiger partial charge in [0, 0.05) is 6.54 Å². The molecule has 138 valence electrons. The van der Waals surface area contributed by atoms with Crippen LogP contribution in [0.3, 0.4) is 0 Å². The highest BCUT2D eigenvalue weighted by Crippen LogP contribution is 2.57. The quantitative estimate of drug-likeness (QED) is 0.761. The second-order valence-corrected chi connectivity index (χ2v) is 9.45. The number of benzene rings is 1. The fourth-order valence-electron chi connectivity index (χ4n) is 6.43. The van der Waals surface area contributed by atoms with Crippen molar-refractivity contribution in [1.29, 1.82) is 0 Å². The van der Waals surface area contributed by atoms with E-state index in [9.17, 15) is 9.70 Å². The van der Waals surface area contributed by atoms with E-state index in [1.165, 1.54) is 32.1 Å². The molecule has 1 aliphatic heterocycles. The third kappa shape index (κ3) is 2.29. The van der Waals surface area contributed by atoms with Gasteiger partial charge in [-0.25, -0.2) is 0 Å². The van der Waals surface area contributed by atoms with E-state index in [1.807, 2.05) is 26.0 Å². The molecule has 0 atom stereocenters. The number of hydrogen-bond donors (Lipinski definition) is 0. The molecule has 0 spiro atoms. The molecule has 1 saturated heterocycles. The van der Waals surface area contributed by atoms with Gasteiger partial charge in [0.05, 0.1) is 6.04 Å². The van der Waals surface area contributed by atoms with Crippen LogP contribution in [0, 0.1) is 28.6 Å². The largest absolute Gasteiger partial charge is 0.271 e. The van der Waals surface area contributed by atoms with Crippen LogP contribution in [0.1, 0.15) is 51.5 Å². The Bertz CT molecular complexity index is 714. The summed E-state index contributed by atoms with van der Waals surface area (Å²) in [5.41, 5.74) is 1.12. The molecule has 4 saturated carbocycles. The first-order valence-electron chi connectivity index (χ1n) is 10.0. The van der Waals surface area contributed by atoms with Crippen molar-refractivity contribution >= 4 is 11.6 Å². The van der Waals surface area contributed by atoms with Gasteiger partial charge in [-0.2, -0.15) is 5.01 Å². The molecule has 0 N–H and O–H groups in total. The molecule has 5 fully saturated rings. The summed E-state index contributed by atoms with van der Waals surface area (Å²) in [6, 6.07) is 7.81. The maximum atomic E-state index is 13.0. The Balaban J connectivity index is 1.40. The fraction of sp³-hybridized carbons (Fsp3) is 0.667. The summed E-state index contributed by atoms with van der Waals surface area (Å²) in [5.74, 6) is 3.48. The first kappa shape index (κ1) is 16.4. The lowest BCUT2D eigenvalue weighted by atomic mass is 9.53. The molecule has 5 heteroatoms. The number of hydrogen-bond acceptors (Lipinski definition) is 4. The summed E-state index contributed by atoms with van der Waals surface area (Å²) in [5, 5.41) is 7.37. The lowest BCUT2D eigenvalue weighted by Crippen LogP contribution is -2.79. The Morgan fingerprint density at radius 2 is 1.58 bits per heavy atom. The van der Waals surface area contributed by atoms with Crippen LogP contribution in [0.4, 0.5) is 5.69 Å². The van der Waals surface area contributed by atoms with E-state index in [1.54, 1.807) is 12.1 Å². The topological polar surface area (TPSA) is 53.0 Å².